The lowest BCUT2D eigenvalue weighted by atomic mass is 10.0. The molecule has 0 fully saturated rings. The minimum absolute atomic E-state index is 0.129. The average Bonchev–Trinajstić information content (AvgIpc) is 3.18. The first-order valence-electron chi connectivity index (χ1n) is 9.66. The van der Waals surface area contributed by atoms with Gasteiger partial charge in [0.1, 0.15) is 17.7 Å². The number of amidine groups is 1. The van der Waals surface area contributed by atoms with Gasteiger partial charge in [-0.15, -0.1) is 0 Å². The Morgan fingerprint density at radius 1 is 1.17 bits per heavy atom. The minimum atomic E-state index is -3.65. The van der Waals surface area contributed by atoms with E-state index in [0.29, 0.717) is 5.56 Å². The van der Waals surface area contributed by atoms with E-state index < -0.39 is 16.1 Å². The van der Waals surface area contributed by atoms with E-state index >= 15 is 0 Å². The summed E-state index contributed by atoms with van der Waals surface area (Å²) in [5.41, 5.74) is 2.33. The van der Waals surface area contributed by atoms with Crippen LogP contribution in [0.2, 0.25) is 0 Å². The number of carbonyl (C=O) groups excluding carboxylic acids is 1. The van der Waals surface area contributed by atoms with Crippen molar-refractivity contribution < 1.29 is 13.2 Å². The average molecular weight is 426 g/mol. The van der Waals surface area contributed by atoms with Crippen molar-refractivity contribution in [2.75, 3.05) is 0 Å². The fourth-order valence-corrected chi connectivity index (χ4v) is 4.74. The third kappa shape index (κ3) is 3.56. The van der Waals surface area contributed by atoms with Crippen molar-refractivity contribution in [1.29, 1.82) is 0 Å². The summed E-state index contributed by atoms with van der Waals surface area (Å²) in [7, 11) is -1.75. The van der Waals surface area contributed by atoms with Crippen LogP contribution in [-0.4, -0.2) is 35.8 Å². The Kier molecular flexibility index (Phi) is 5.07. The molecule has 1 aliphatic heterocycles. The molecular formula is C21H23N5O3S. The molecule has 8 nitrogen and oxygen atoms in total. The van der Waals surface area contributed by atoms with E-state index in [1.54, 1.807) is 18.2 Å². The van der Waals surface area contributed by atoms with Crippen molar-refractivity contribution >= 4 is 32.8 Å². The summed E-state index contributed by atoms with van der Waals surface area (Å²) in [6, 6.07) is 13.6. The number of benzene rings is 2. The van der Waals surface area contributed by atoms with E-state index in [9.17, 15) is 13.2 Å². The van der Waals surface area contributed by atoms with Gasteiger partial charge in [-0.3, -0.25) is 14.5 Å². The zero-order valence-electron chi connectivity index (χ0n) is 17.0. The number of para-hydroxylation sites is 2. The molecule has 0 spiro atoms. The van der Waals surface area contributed by atoms with Crippen LogP contribution in [0.25, 0.3) is 11.0 Å². The number of hydrogen-bond donors (Lipinski definition) is 2. The molecule has 2 aromatic carbocycles. The molecule has 2 heterocycles. The first-order valence-corrected chi connectivity index (χ1v) is 11.1. The standard InChI is InChI=1S/C21H23N5O3S/c1-13(2)19(24-20-14-8-4-7-11-17(14)30(28,29)25-20)21(27)22-12-18-23-15-9-5-6-10-16(15)26(18)3/h4-11,13,19H,12H2,1-3H3,(H,22,27)(H,24,25). The molecule has 0 saturated carbocycles. The van der Waals surface area contributed by atoms with Gasteiger partial charge in [-0.1, -0.05) is 38.1 Å². The second kappa shape index (κ2) is 7.56. The number of fused-ring (bicyclic) bond motifs is 2. The van der Waals surface area contributed by atoms with Gasteiger partial charge in [0.15, 0.2) is 0 Å². The molecule has 1 atom stereocenters. The van der Waals surface area contributed by atoms with Crippen molar-refractivity contribution in [3.8, 4) is 0 Å². The van der Waals surface area contributed by atoms with Crippen LogP contribution in [0, 0.1) is 5.92 Å². The third-order valence-electron chi connectivity index (χ3n) is 5.13. The van der Waals surface area contributed by atoms with Crippen LogP contribution in [0.3, 0.4) is 0 Å². The van der Waals surface area contributed by atoms with E-state index in [4.69, 9.17) is 0 Å². The maximum atomic E-state index is 12.9. The molecule has 3 aromatic rings. The molecule has 0 aliphatic carbocycles. The zero-order chi connectivity index (χ0) is 21.5. The van der Waals surface area contributed by atoms with E-state index in [1.807, 2.05) is 49.7 Å². The molecule has 0 bridgehead atoms. The molecule has 1 amide bonds. The number of nitrogens with zero attached hydrogens (tertiary/aromatic N) is 3. The molecule has 1 aliphatic rings. The summed E-state index contributed by atoms with van der Waals surface area (Å²) in [5.74, 6) is 0.511. The van der Waals surface area contributed by atoms with Crippen molar-refractivity contribution in [2.24, 2.45) is 18.0 Å². The Labute approximate surface area is 175 Å². The Hall–Kier alpha value is -3.20. The fourth-order valence-electron chi connectivity index (χ4n) is 3.50. The van der Waals surface area contributed by atoms with Crippen LogP contribution in [0.15, 0.2) is 58.4 Å². The molecule has 156 valence electrons. The predicted molar refractivity (Wildman–Crippen MR) is 114 cm³/mol. The molecule has 1 unspecified atom stereocenters. The second-order valence-electron chi connectivity index (χ2n) is 7.56. The van der Waals surface area contributed by atoms with E-state index in [0.717, 1.165) is 16.9 Å². The lowest BCUT2D eigenvalue weighted by Crippen LogP contribution is -2.38. The normalized spacial score (nSPS) is 17.1. The molecule has 1 aromatic heterocycles. The van der Waals surface area contributed by atoms with Crippen LogP contribution in [0.4, 0.5) is 0 Å². The van der Waals surface area contributed by atoms with Gasteiger partial charge >= 0.3 is 0 Å². The quantitative estimate of drug-likeness (QED) is 0.652. The van der Waals surface area contributed by atoms with Crippen LogP contribution in [0.5, 0.6) is 0 Å². The number of carbonyl (C=O) groups is 1. The summed E-state index contributed by atoms with van der Waals surface area (Å²) in [6.45, 7) is 4.00. The number of amides is 1. The van der Waals surface area contributed by atoms with Gasteiger partial charge < -0.3 is 9.88 Å². The molecular weight excluding hydrogens is 402 g/mol. The van der Waals surface area contributed by atoms with Crippen molar-refractivity contribution in [3.05, 3.63) is 59.9 Å². The first kappa shape index (κ1) is 20.1. The number of imidazole rings is 1. The molecule has 2 N–H and O–H groups in total. The fraction of sp³-hybridized carbons (Fsp3) is 0.286. The number of sulfonamides is 1. The lowest BCUT2D eigenvalue weighted by molar-refractivity contribution is -0.123. The van der Waals surface area contributed by atoms with Crippen LogP contribution >= 0.6 is 0 Å². The molecule has 30 heavy (non-hydrogen) atoms. The van der Waals surface area contributed by atoms with Crippen LogP contribution in [0.1, 0.15) is 25.2 Å². The molecule has 0 radical (unpaired) electrons. The number of aromatic nitrogens is 2. The number of rotatable bonds is 5. The maximum Gasteiger partial charge on any atom is 0.263 e. The third-order valence-corrected chi connectivity index (χ3v) is 6.53. The van der Waals surface area contributed by atoms with Gasteiger partial charge in [-0.2, -0.15) is 0 Å². The Bertz CT molecular complexity index is 1260. The minimum Gasteiger partial charge on any atom is -0.347 e. The SMILES string of the molecule is CC(C)C(N=C1NS(=O)(=O)c2ccccc21)C(=O)NCc1nc2ccccc2n1C. The topological polar surface area (TPSA) is 105 Å². The van der Waals surface area contributed by atoms with Crippen molar-refractivity contribution in [3.63, 3.8) is 0 Å². The van der Waals surface area contributed by atoms with Gasteiger partial charge in [0, 0.05) is 12.6 Å². The first-order chi connectivity index (χ1) is 14.3. The highest BCUT2D eigenvalue weighted by molar-refractivity contribution is 7.90. The lowest BCUT2D eigenvalue weighted by Gasteiger charge is -2.17. The molecule has 0 saturated heterocycles. The molecule has 9 heteroatoms. The van der Waals surface area contributed by atoms with Crippen molar-refractivity contribution in [2.45, 2.75) is 31.3 Å². The number of nitrogens with one attached hydrogen (secondary N) is 2. The number of hydrogen-bond acceptors (Lipinski definition) is 5. The van der Waals surface area contributed by atoms with Crippen molar-refractivity contribution in [1.82, 2.24) is 19.6 Å². The summed E-state index contributed by atoms with van der Waals surface area (Å²) in [4.78, 5) is 22.1. The Morgan fingerprint density at radius 2 is 1.87 bits per heavy atom. The Morgan fingerprint density at radius 3 is 2.60 bits per heavy atom. The monoisotopic (exact) mass is 425 g/mol. The van der Waals surface area contributed by atoms with Gasteiger partial charge in [0.25, 0.3) is 10.0 Å². The summed E-state index contributed by atoms with van der Waals surface area (Å²) in [6.07, 6.45) is 0. The van der Waals surface area contributed by atoms with E-state index in [1.165, 1.54) is 6.07 Å². The van der Waals surface area contributed by atoms with Crippen LogP contribution in [-0.2, 0) is 28.4 Å². The highest BCUT2D eigenvalue weighted by Crippen LogP contribution is 2.23. The van der Waals surface area contributed by atoms with Gasteiger partial charge in [0.05, 0.1) is 22.5 Å². The van der Waals surface area contributed by atoms with Gasteiger partial charge in [-0.25, -0.2) is 13.4 Å². The van der Waals surface area contributed by atoms with E-state index in [2.05, 4.69) is 20.0 Å². The highest BCUT2D eigenvalue weighted by atomic mass is 32.2. The largest absolute Gasteiger partial charge is 0.347 e. The Balaban J connectivity index is 1.57. The van der Waals surface area contributed by atoms with Gasteiger partial charge in [0.2, 0.25) is 5.91 Å². The highest BCUT2D eigenvalue weighted by Gasteiger charge is 2.32. The summed E-state index contributed by atoms with van der Waals surface area (Å²) < 4.78 is 29.0. The smallest absolute Gasteiger partial charge is 0.263 e. The second-order valence-corrected chi connectivity index (χ2v) is 9.21. The zero-order valence-corrected chi connectivity index (χ0v) is 17.8. The van der Waals surface area contributed by atoms with Gasteiger partial charge in [-0.05, 0) is 30.2 Å². The molecule has 4 rings (SSSR count). The summed E-state index contributed by atoms with van der Waals surface area (Å²) >= 11 is 0. The number of aryl methyl sites for hydroxylation is 1. The van der Waals surface area contributed by atoms with Crippen LogP contribution < -0.4 is 10.0 Å². The number of aliphatic imine (C=N–C) groups is 1. The van der Waals surface area contributed by atoms with E-state index in [-0.39, 0.29) is 29.1 Å². The predicted octanol–water partition coefficient (Wildman–Crippen LogP) is 1.95. The summed E-state index contributed by atoms with van der Waals surface area (Å²) in [5, 5.41) is 2.89. The maximum absolute atomic E-state index is 12.9.